The molecule has 0 saturated carbocycles. The van der Waals surface area contributed by atoms with Crippen LogP contribution >= 0.6 is 0 Å². The molecular formula is C20H15N5O2. The summed E-state index contributed by atoms with van der Waals surface area (Å²) in [6, 6.07) is 16.0. The number of fused-ring (bicyclic) bond motifs is 1. The Labute approximate surface area is 155 Å². The molecule has 3 aromatic rings. The minimum absolute atomic E-state index is 0.0395. The van der Waals surface area contributed by atoms with Crippen LogP contribution in [0.1, 0.15) is 22.3 Å². The van der Waals surface area contributed by atoms with Gasteiger partial charge in [-0.25, -0.2) is 4.99 Å². The SMILES string of the molecule is Cc1ccc2c(c1)C(c1ccc([N+](=O)[O-])cc1)=NNC(c1cccnc1)=N2. The Bertz CT molecular complexity index is 1070. The average Bonchev–Trinajstić information content (AvgIpc) is 2.88. The van der Waals surface area contributed by atoms with Crippen molar-refractivity contribution < 1.29 is 4.92 Å². The first kappa shape index (κ1) is 16.6. The van der Waals surface area contributed by atoms with Crippen molar-refractivity contribution in [3.8, 4) is 0 Å². The molecule has 7 heteroatoms. The fourth-order valence-corrected chi connectivity index (χ4v) is 2.84. The molecule has 7 nitrogen and oxygen atoms in total. The van der Waals surface area contributed by atoms with Crippen molar-refractivity contribution in [2.75, 3.05) is 0 Å². The quantitative estimate of drug-likeness (QED) is 0.571. The highest BCUT2D eigenvalue weighted by atomic mass is 16.6. The molecule has 4 rings (SSSR count). The lowest BCUT2D eigenvalue weighted by Crippen LogP contribution is -2.19. The van der Waals surface area contributed by atoms with Crippen LogP contribution in [-0.2, 0) is 0 Å². The summed E-state index contributed by atoms with van der Waals surface area (Å²) in [5.74, 6) is 0.588. The van der Waals surface area contributed by atoms with Crippen LogP contribution in [0.2, 0.25) is 0 Å². The smallest absolute Gasteiger partial charge is 0.264 e. The molecule has 0 unspecified atom stereocenters. The predicted octanol–water partition coefficient (Wildman–Crippen LogP) is 3.73. The Balaban J connectivity index is 1.83. The zero-order chi connectivity index (χ0) is 18.8. The van der Waals surface area contributed by atoms with Gasteiger partial charge in [-0.2, -0.15) is 5.10 Å². The Kier molecular flexibility index (Phi) is 4.18. The maximum absolute atomic E-state index is 10.9. The molecule has 0 fully saturated rings. The Morgan fingerprint density at radius 3 is 2.56 bits per heavy atom. The van der Waals surface area contributed by atoms with Crippen LogP contribution in [0.25, 0.3) is 0 Å². The molecule has 0 spiro atoms. The maximum Gasteiger partial charge on any atom is 0.269 e. The number of benzene rings is 2. The minimum Gasteiger partial charge on any atom is -0.264 e. The molecule has 1 aliphatic heterocycles. The monoisotopic (exact) mass is 357 g/mol. The fourth-order valence-electron chi connectivity index (χ4n) is 2.84. The van der Waals surface area contributed by atoms with Crippen molar-refractivity contribution in [1.29, 1.82) is 0 Å². The second-order valence-electron chi connectivity index (χ2n) is 6.10. The van der Waals surface area contributed by atoms with Crippen molar-refractivity contribution >= 4 is 22.9 Å². The van der Waals surface area contributed by atoms with Gasteiger partial charge in [-0.05, 0) is 43.3 Å². The van der Waals surface area contributed by atoms with E-state index in [2.05, 4.69) is 15.5 Å². The molecule has 27 heavy (non-hydrogen) atoms. The standard InChI is InChI=1S/C20H15N5O2/c1-13-4-9-18-17(11-13)19(14-5-7-16(8-6-14)25(26)27)23-24-20(22-18)15-3-2-10-21-12-15/h2-12H,1H3,(H,22,24). The average molecular weight is 357 g/mol. The van der Waals surface area contributed by atoms with Crippen LogP contribution in [0.4, 0.5) is 11.4 Å². The van der Waals surface area contributed by atoms with Crippen molar-refractivity contribution in [3.63, 3.8) is 0 Å². The number of aryl methyl sites for hydroxylation is 1. The van der Waals surface area contributed by atoms with Gasteiger partial charge in [-0.1, -0.05) is 11.6 Å². The predicted molar refractivity (Wildman–Crippen MR) is 103 cm³/mol. The second kappa shape index (κ2) is 6.80. The van der Waals surface area contributed by atoms with Gasteiger partial charge in [0.15, 0.2) is 5.84 Å². The Hall–Kier alpha value is -3.87. The number of rotatable bonds is 3. The number of non-ortho nitro benzene ring substituents is 1. The van der Waals surface area contributed by atoms with Crippen molar-refractivity contribution in [2.45, 2.75) is 6.92 Å². The van der Waals surface area contributed by atoms with E-state index < -0.39 is 4.92 Å². The molecule has 0 saturated heterocycles. The highest BCUT2D eigenvalue weighted by Crippen LogP contribution is 2.27. The van der Waals surface area contributed by atoms with Crippen LogP contribution in [0.3, 0.4) is 0 Å². The number of amidine groups is 1. The van der Waals surface area contributed by atoms with Gasteiger partial charge in [0.25, 0.3) is 5.69 Å². The molecule has 0 amide bonds. The van der Waals surface area contributed by atoms with Gasteiger partial charge in [-0.15, -0.1) is 0 Å². The van der Waals surface area contributed by atoms with E-state index in [1.165, 1.54) is 12.1 Å². The molecule has 2 aromatic carbocycles. The molecular weight excluding hydrogens is 342 g/mol. The molecule has 0 atom stereocenters. The van der Waals surface area contributed by atoms with Crippen molar-refractivity contribution in [3.05, 3.63) is 99.4 Å². The van der Waals surface area contributed by atoms with Crippen LogP contribution in [0.15, 0.2) is 77.1 Å². The topological polar surface area (TPSA) is 92.8 Å². The summed E-state index contributed by atoms with van der Waals surface area (Å²) in [5.41, 5.74) is 8.00. The van der Waals surface area contributed by atoms with Crippen LogP contribution in [-0.4, -0.2) is 21.5 Å². The number of nitro benzene ring substituents is 1. The van der Waals surface area contributed by atoms with Gasteiger partial charge in [0, 0.05) is 41.2 Å². The van der Waals surface area contributed by atoms with E-state index in [1.807, 2.05) is 37.3 Å². The summed E-state index contributed by atoms with van der Waals surface area (Å²) in [5, 5.41) is 15.5. The van der Waals surface area contributed by atoms with Gasteiger partial charge < -0.3 is 0 Å². The van der Waals surface area contributed by atoms with Crippen LogP contribution < -0.4 is 5.43 Å². The fraction of sp³-hybridized carbons (Fsp3) is 0.0500. The summed E-state index contributed by atoms with van der Waals surface area (Å²) in [6.45, 7) is 2.00. The summed E-state index contributed by atoms with van der Waals surface area (Å²) in [7, 11) is 0. The van der Waals surface area contributed by atoms with E-state index in [9.17, 15) is 10.1 Å². The number of nitro groups is 1. The summed E-state index contributed by atoms with van der Waals surface area (Å²) in [4.78, 5) is 19.4. The number of hydrogen-bond donors (Lipinski definition) is 1. The summed E-state index contributed by atoms with van der Waals surface area (Å²) < 4.78 is 0. The zero-order valence-corrected chi connectivity index (χ0v) is 14.5. The third kappa shape index (κ3) is 3.30. The molecule has 0 radical (unpaired) electrons. The number of hydrogen-bond acceptors (Lipinski definition) is 6. The second-order valence-corrected chi connectivity index (χ2v) is 6.10. The minimum atomic E-state index is -0.418. The third-order valence-electron chi connectivity index (χ3n) is 4.20. The first-order valence-electron chi connectivity index (χ1n) is 8.30. The Morgan fingerprint density at radius 1 is 1.04 bits per heavy atom. The zero-order valence-electron chi connectivity index (χ0n) is 14.5. The molecule has 132 valence electrons. The number of nitrogens with zero attached hydrogens (tertiary/aromatic N) is 4. The van der Waals surface area contributed by atoms with Crippen molar-refractivity contribution in [1.82, 2.24) is 10.4 Å². The van der Waals surface area contributed by atoms with Gasteiger partial charge in [0.05, 0.1) is 16.3 Å². The lowest BCUT2D eigenvalue weighted by atomic mass is 9.99. The number of pyridine rings is 1. The first-order valence-corrected chi connectivity index (χ1v) is 8.30. The summed E-state index contributed by atoms with van der Waals surface area (Å²) in [6.07, 6.45) is 3.41. The summed E-state index contributed by atoms with van der Waals surface area (Å²) >= 11 is 0. The Morgan fingerprint density at radius 2 is 1.85 bits per heavy atom. The van der Waals surface area contributed by atoms with E-state index in [0.717, 1.165) is 27.9 Å². The van der Waals surface area contributed by atoms with Crippen molar-refractivity contribution in [2.24, 2.45) is 10.1 Å². The molecule has 1 N–H and O–H groups in total. The van der Waals surface area contributed by atoms with Gasteiger partial charge in [0.2, 0.25) is 0 Å². The molecule has 1 aromatic heterocycles. The van der Waals surface area contributed by atoms with E-state index >= 15 is 0 Å². The molecule has 2 heterocycles. The van der Waals surface area contributed by atoms with Gasteiger partial charge >= 0.3 is 0 Å². The third-order valence-corrected chi connectivity index (χ3v) is 4.20. The number of nitrogens with one attached hydrogen (secondary N) is 1. The highest BCUT2D eigenvalue weighted by molar-refractivity contribution is 6.18. The highest BCUT2D eigenvalue weighted by Gasteiger charge is 2.18. The molecule has 0 aliphatic carbocycles. The molecule has 0 bridgehead atoms. The van der Waals surface area contributed by atoms with Crippen LogP contribution in [0, 0.1) is 17.0 Å². The van der Waals surface area contributed by atoms with E-state index in [-0.39, 0.29) is 5.69 Å². The van der Waals surface area contributed by atoms with E-state index in [0.29, 0.717) is 11.5 Å². The van der Waals surface area contributed by atoms with E-state index in [4.69, 9.17) is 4.99 Å². The normalized spacial score (nSPS) is 12.9. The lowest BCUT2D eigenvalue weighted by Gasteiger charge is -2.08. The van der Waals surface area contributed by atoms with E-state index in [1.54, 1.807) is 24.5 Å². The maximum atomic E-state index is 10.9. The van der Waals surface area contributed by atoms with Gasteiger partial charge in [0.1, 0.15) is 0 Å². The lowest BCUT2D eigenvalue weighted by molar-refractivity contribution is -0.384. The number of hydrazone groups is 1. The number of aromatic nitrogens is 1. The first-order chi connectivity index (χ1) is 13.1. The molecule has 1 aliphatic rings. The van der Waals surface area contributed by atoms with Crippen LogP contribution in [0.5, 0.6) is 0 Å². The van der Waals surface area contributed by atoms with Gasteiger partial charge in [-0.3, -0.25) is 20.5 Å². The largest absolute Gasteiger partial charge is 0.269 e. The number of aliphatic imine (C=N–C) groups is 1.